The Morgan fingerprint density at radius 3 is 2.15 bits per heavy atom. The molecule has 0 aliphatic carbocycles. The molecule has 0 spiro atoms. The Morgan fingerprint density at radius 2 is 1.70 bits per heavy atom. The van der Waals surface area contributed by atoms with Crippen LogP contribution in [0.25, 0.3) is 0 Å². The summed E-state index contributed by atoms with van der Waals surface area (Å²) in [5.74, 6) is -0.838. The number of aliphatic carboxylic acids is 1. The molecular formula is C13H17NO6. The lowest BCUT2D eigenvalue weighted by Crippen LogP contribution is -2.38. The highest BCUT2D eigenvalue weighted by atomic mass is 16.5. The lowest BCUT2D eigenvalue weighted by molar-refractivity contribution is -0.138. The summed E-state index contributed by atoms with van der Waals surface area (Å²) in [4.78, 5) is 22.8. The molecule has 0 aliphatic rings. The second-order valence-electron chi connectivity index (χ2n) is 3.92. The summed E-state index contributed by atoms with van der Waals surface area (Å²) in [5.41, 5.74) is 0.165. The Morgan fingerprint density at radius 1 is 1.10 bits per heavy atom. The zero-order chi connectivity index (χ0) is 15.3. The van der Waals surface area contributed by atoms with Gasteiger partial charge in [0.1, 0.15) is 6.04 Å². The van der Waals surface area contributed by atoms with Crippen molar-refractivity contribution in [2.75, 3.05) is 21.3 Å². The number of carbonyl (C=O) groups is 2. The first-order valence-corrected chi connectivity index (χ1v) is 5.78. The predicted octanol–water partition coefficient (Wildman–Crippen LogP) is 0.915. The summed E-state index contributed by atoms with van der Waals surface area (Å²) in [6.07, 6.45) is 0. The predicted molar refractivity (Wildman–Crippen MR) is 70.7 cm³/mol. The average Bonchev–Trinajstić information content (AvgIpc) is 2.44. The summed E-state index contributed by atoms with van der Waals surface area (Å²) in [6, 6.07) is 2.01. The summed E-state index contributed by atoms with van der Waals surface area (Å²) >= 11 is 0. The maximum atomic E-state index is 12.1. The first kappa shape index (κ1) is 15.6. The molecule has 0 heterocycles. The largest absolute Gasteiger partial charge is 0.493 e. The summed E-state index contributed by atoms with van der Waals surface area (Å²) in [5, 5.41) is 11.1. The third-order valence-corrected chi connectivity index (χ3v) is 2.67. The molecule has 110 valence electrons. The minimum absolute atomic E-state index is 0.165. The van der Waals surface area contributed by atoms with Gasteiger partial charge in [-0.1, -0.05) is 0 Å². The Kier molecular flexibility index (Phi) is 5.19. The van der Waals surface area contributed by atoms with E-state index in [4.69, 9.17) is 19.3 Å². The molecule has 7 nitrogen and oxygen atoms in total. The van der Waals surface area contributed by atoms with E-state index in [0.29, 0.717) is 5.75 Å². The van der Waals surface area contributed by atoms with Crippen LogP contribution in [0, 0.1) is 0 Å². The van der Waals surface area contributed by atoms with Crippen molar-refractivity contribution in [2.45, 2.75) is 13.0 Å². The van der Waals surface area contributed by atoms with Gasteiger partial charge in [0.25, 0.3) is 5.91 Å². The molecule has 0 aromatic heterocycles. The highest BCUT2D eigenvalue weighted by Gasteiger charge is 2.23. The van der Waals surface area contributed by atoms with E-state index in [-0.39, 0.29) is 17.1 Å². The van der Waals surface area contributed by atoms with Crippen LogP contribution >= 0.6 is 0 Å². The van der Waals surface area contributed by atoms with Gasteiger partial charge < -0.3 is 24.6 Å². The van der Waals surface area contributed by atoms with E-state index in [2.05, 4.69) is 5.32 Å². The SMILES string of the molecule is COc1ccc(C(=O)NC(C)C(=O)O)c(OC)c1OC. The van der Waals surface area contributed by atoms with Crippen LogP contribution in [0.5, 0.6) is 17.2 Å². The minimum Gasteiger partial charge on any atom is -0.493 e. The topological polar surface area (TPSA) is 94.1 Å². The van der Waals surface area contributed by atoms with Crippen molar-refractivity contribution < 1.29 is 28.9 Å². The lowest BCUT2D eigenvalue weighted by atomic mass is 10.1. The molecule has 1 unspecified atom stereocenters. The van der Waals surface area contributed by atoms with Gasteiger partial charge in [-0.15, -0.1) is 0 Å². The molecular weight excluding hydrogens is 266 g/mol. The standard InChI is InChI=1S/C13H17NO6/c1-7(13(16)17)14-12(15)8-5-6-9(18-2)11(20-4)10(8)19-3/h5-7H,1-4H3,(H,14,15)(H,16,17). The minimum atomic E-state index is -1.13. The molecule has 0 saturated carbocycles. The van der Waals surface area contributed by atoms with E-state index in [1.165, 1.54) is 34.3 Å². The van der Waals surface area contributed by atoms with Crippen LogP contribution in [0.4, 0.5) is 0 Å². The Bertz CT molecular complexity index is 514. The van der Waals surface area contributed by atoms with Crippen LogP contribution in [0.2, 0.25) is 0 Å². The van der Waals surface area contributed by atoms with Crippen LogP contribution in [-0.4, -0.2) is 44.4 Å². The van der Waals surface area contributed by atoms with E-state index < -0.39 is 17.9 Å². The molecule has 1 aromatic carbocycles. The quantitative estimate of drug-likeness (QED) is 0.806. The first-order valence-electron chi connectivity index (χ1n) is 5.78. The normalized spacial score (nSPS) is 11.4. The molecule has 1 amide bonds. The fourth-order valence-corrected chi connectivity index (χ4v) is 1.62. The number of benzene rings is 1. The van der Waals surface area contributed by atoms with Crippen LogP contribution in [0.15, 0.2) is 12.1 Å². The number of carbonyl (C=O) groups excluding carboxylic acids is 1. The van der Waals surface area contributed by atoms with Gasteiger partial charge in [0.15, 0.2) is 11.5 Å². The number of hydrogen-bond donors (Lipinski definition) is 2. The average molecular weight is 283 g/mol. The number of ether oxygens (including phenoxy) is 3. The van der Waals surface area contributed by atoms with Crippen LogP contribution in [0.1, 0.15) is 17.3 Å². The van der Waals surface area contributed by atoms with Gasteiger partial charge in [-0.25, -0.2) is 0 Å². The van der Waals surface area contributed by atoms with Crippen molar-refractivity contribution in [1.82, 2.24) is 5.32 Å². The zero-order valence-corrected chi connectivity index (χ0v) is 11.7. The number of nitrogens with one attached hydrogen (secondary N) is 1. The molecule has 1 aromatic rings. The molecule has 0 bridgehead atoms. The van der Waals surface area contributed by atoms with Gasteiger partial charge in [0, 0.05) is 0 Å². The van der Waals surface area contributed by atoms with Gasteiger partial charge in [-0.05, 0) is 19.1 Å². The van der Waals surface area contributed by atoms with Crippen molar-refractivity contribution >= 4 is 11.9 Å². The van der Waals surface area contributed by atoms with Crippen LogP contribution in [0.3, 0.4) is 0 Å². The summed E-state index contributed by atoms with van der Waals surface area (Å²) in [6.45, 7) is 1.37. The monoisotopic (exact) mass is 283 g/mol. The number of rotatable bonds is 6. The smallest absolute Gasteiger partial charge is 0.325 e. The van der Waals surface area contributed by atoms with Crippen molar-refractivity contribution in [3.05, 3.63) is 17.7 Å². The maximum Gasteiger partial charge on any atom is 0.325 e. The maximum absolute atomic E-state index is 12.1. The number of carboxylic acids is 1. The highest BCUT2D eigenvalue weighted by Crippen LogP contribution is 2.39. The molecule has 0 radical (unpaired) electrons. The van der Waals surface area contributed by atoms with Crippen LogP contribution < -0.4 is 19.5 Å². The molecule has 1 atom stereocenters. The third kappa shape index (κ3) is 3.11. The van der Waals surface area contributed by atoms with E-state index in [0.717, 1.165) is 0 Å². The summed E-state index contributed by atoms with van der Waals surface area (Å²) in [7, 11) is 4.26. The fourth-order valence-electron chi connectivity index (χ4n) is 1.62. The Hall–Kier alpha value is -2.44. The summed E-state index contributed by atoms with van der Waals surface area (Å²) < 4.78 is 15.4. The molecule has 0 aliphatic heterocycles. The highest BCUT2D eigenvalue weighted by molar-refractivity contribution is 6.00. The molecule has 2 N–H and O–H groups in total. The van der Waals surface area contributed by atoms with E-state index in [9.17, 15) is 9.59 Å². The van der Waals surface area contributed by atoms with Gasteiger partial charge in [-0.3, -0.25) is 9.59 Å². The van der Waals surface area contributed by atoms with Gasteiger partial charge in [0.05, 0.1) is 26.9 Å². The second kappa shape index (κ2) is 6.65. The van der Waals surface area contributed by atoms with E-state index >= 15 is 0 Å². The van der Waals surface area contributed by atoms with Crippen molar-refractivity contribution in [3.8, 4) is 17.2 Å². The molecule has 0 saturated heterocycles. The Balaban J connectivity index is 3.18. The zero-order valence-electron chi connectivity index (χ0n) is 11.7. The number of amides is 1. The Labute approximate surface area is 116 Å². The van der Waals surface area contributed by atoms with Crippen molar-refractivity contribution in [2.24, 2.45) is 0 Å². The van der Waals surface area contributed by atoms with Crippen molar-refractivity contribution in [1.29, 1.82) is 0 Å². The number of carboxylic acid groups (broad SMARTS) is 1. The fraction of sp³-hybridized carbons (Fsp3) is 0.385. The second-order valence-corrected chi connectivity index (χ2v) is 3.92. The molecule has 0 fully saturated rings. The van der Waals surface area contributed by atoms with Crippen molar-refractivity contribution in [3.63, 3.8) is 0 Å². The molecule has 7 heteroatoms. The van der Waals surface area contributed by atoms with E-state index in [1.54, 1.807) is 6.07 Å². The number of hydrogen-bond acceptors (Lipinski definition) is 5. The lowest BCUT2D eigenvalue weighted by Gasteiger charge is -2.16. The molecule has 1 rings (SSSR count). The van der Waals surface area contributed by atoms with E-state index in [1.807, 2.05) is 0 Å². The van der Waals surface area contributed by atoms with Gasteiger partial charge in [-0.2, -0.15) is 0 Å². The number of methoxy groups -OCH3 is 3. The van der Waals surface area contributed by atoms with Crippen LogP contribution in [-0.2, 0) is 4.79 Å². The third-order valence-electron chi connectivity index (χ3n) is 2.67. The molecule has 20 heavy (non-hydrogen) atoms. The van der Waals surface area contributed by atoms with Gasteiger partial charge >= 0.3 is 5.97 Å². The van der Waals surface area contributed by atoms with Gasteiger partial charge in [0.2, 0.25) is 5.75 Å². The first-order chi connectivity index (χ1) is 9.46.